The average molecular weight is 338 g/mol. The molecule has 0 radical (unpaired) electrons. The minimum Gasteiger partial charge on any atom is -0.0835 e. The van der Waals surface area contributed by atoms with Crippen molar-refractivity contribution in [3.05, 3.63) is 52.0 Å². The van der Waals surface area contributed by atoms with Crippen LogP contribution in [0.5, 0.6) is 0 Å². The van der Waals surface area contributed by atoms with Gasteiger partial charge in [0.25, 0.3) is 0 Å². The van der Waals surface area contributed by atoms with Gasteiger partial charge in [0, 0.05) is 9.30 Å². The van der Waals surface area contributed by atoms with Gasteiger partial charge >= 0.3 is 0 Å². The molecule has 3 rings (SSSR count). The van der Waals surface area contributed by atoms with Crippen LogP contribution in [0.3, 0.4) is 0 Å². The van der Waals surface area contributed by atoms with Crippen molar-refractivity contribution in [3.63, 3.8) is 0 Å². The van der Waals surface area contributed by atoms with E-state index in [0.29, 0.717) is 4.83 Å². The molecule has 0 fully saturated rings. The van der Waals surface area contributed by atoms with Crippen LogP contribution in [-0.2, 0) is 0 Å². The highest BCUT2D eigenvalue weighted by atomic mass is 79.9. The van der Waals surface area contributed by atoms with E-state index in [9.17, 15) is 0 Å². The summed E-state index contributed by atoms with van der Waals surface area (Å²) in [6.45, 7) is 0. The molecule has 2 heteroatoms. The lowest BCUT2D eigenvalue weighted by Crippen LogP contribution is -1.97. The number of halogens is 2. The molecule has 1 aliphatic carbocycles. The van der Waals surface area contributed by atoms with Crippen molar-refractivity contribution in [2.24, 2.45) is 0 Å². The molecule has 2 aromatic rings. The smallest absolute Gasteiger partial charge is 0.0435 e. The van der Waals surface area contributed by atoms with Gasteiger partial charge in [0.2, 0.25) is 0 Å². The van der Waals surface area contributed by atoms with Crippen molar-refractivity contribution in [2.45, 2.75) is 11.2 Å². The predicted molar refractivity (Wildman–Crippen MR) is 77.0 cm³/mol. The number of hydrogen-bond donors (Lipinski definition) is 0. The molecule has 0 amide bonds. The fourth-order valence-corrected chi connectivity index (χ4v) is 3.15. The zero-order valence-corrected chi connectivity index (χ0v) is 11.8. The Labute approximate surface area is 112 Å². The molecule has 0 nitrogen and oxygen atoms in total. The highest BCUT2D eigenvalue weighted by molar-refractivity contribution is 9.10. The van der Waals surface area contributed by atoms with E-state index in [2.05, 4.69) is 74.3 Å². The zero-order valence-electron chi connectivity index (χ0n) is 8.58. The Bertz CT molecular complexity index is 585. The highest BCUT2D eigenvalue weighted by Crippen LogP contribution is 2.37. The summed E-state index contributed by atoms with van der Waals surface area (Å²) in [5.74, 6) is 0. The molecule has 0 saturated carbocycles. The van der Waals surface area contributed by atoms with Crippen LogP contribution in [0.4, 0.5) is 0 Å². The minimum absolute atomic E-state index is 0.455. The number of allylic oxidation sites excluding steroid dienone is 1. The van der Waals surface area contributed by atoms with Gasteiger partial charge < -0.3 is 0 Å². The van der Waals surface area contributed by atoms with Crippen LogP contribution in [0.1, 0.15) is 22.4 Å². The molecule has 1 aliphatic rings. The SMILES string of the molecule is Brc1ccc2cc3c(cc2c1)C(Br)CC=C3. The van der Waals surface area contributed by atoms with Crippen LogP contribution in [0.25, 0.3) is 16.8 Å². The second kappa shape index (κ2) is 4.01. The lowest BCUT2D eigenvalue weighted by atomic mass is 9.94. The number of benzene rings is 2. The Morgan fingerprint density at radius 1 is 1.06 bits per heavy atom. The molecule has 80 valence electrons. The number of alkyl halides is 1. The molecule has 0 aliphatic heterocycles. The summed E-state index contributed by atoms with van der Waals surface area (Å²) in [4.78, 5) is 0.455. The summed E-state index contributed by atoms with van der Waals surface area (Å²) >= 11 is 7.25. The normalized spacial score (nSPS) is 18.8. The van der Waals surface area contributed by atoms with Crippen molar-refractivity contribution < 1.29 is 0 Å². The van der Waals surface area contributed by atoms with Crippen LogP contribution in [-0.4, -0.2) is 0 Å². The summed E-state index contributed by atoms with van der Waals surface area (Å²) in [7, 11) is 0. The summed E-state index contributed by atoms with van der Waals surface area (Å²) < 4.78 is 1.14. The first-order valence-electron chi connectivity index (χ1n) is 5.28. The standard InChI is InChI=1S/C14H10Br2/c15-12-5-4-9-6-10-2-1-3-14(16)13(10)8-11(9)7-12/h1-2,4-8,14H,3H2. The summed E-state index contributed by atoms with van der Waals surface area (Å²) in [5, 5.41) is 2.60. The molecule has 1 unspecified atom stereocenters. The van der Waals surface area contributed by atoms with Crippen molar-refractivity contribution in [3.8, 4) is 0 Å². The van der Waals surface area contributed by atoms with Crippen molar-refractivity contribution in [1.82, 2.24) is 0 Å². The highest BCUT2D eigenvalue weighted by Gasteiger charge is 2.14. The maximum atomic E-state index is 3.73. The van der Waals surface area contributed by atoms with Gasteiger partial charge in [-0.1, -0.05) is 50.1 Å². The molecule has 0 spiro atoms. The van der Waals surface area contributed by atoms with Gasteiger partial charge in [0.15, 0.2) is 0 Å². The molecule has 0 saturated heterocycles. The topological polar surface area (TPSA) is 0 Å². The molecule has 16 heavy (non-hydrogen) atoms. The third-order valence-corrected chi connectivity index (χ3v) is 4.34. The fourth-order valence-electron chi connectivity index (χ4n) is 2.16. The Kier molecular flexibility index (Phi) is 2.64. The van der Waals surface area contributed by atoms with Gasteiger partial charge in [-0.15, -0.1) is 0 Å². The number of fused-ring (bicyclic) bond motifs is 2. The lowest BCUT2D eigenvalue weighted by molar-refractivity contribution is 0.976. The molecule has 0 heterocycles. The first-order chi connectivity index (χ1) is 7.74. The Morgan fingerprint density at radius 2 is 1.94 bits per heavy atom. The van der Waals surface area contributed by atoms with E-state index >= 15 is 0 Å². The molecule has 0 aromatic heterocycles. The number of hydrogen-bond acceptors (Lipinski definition) is 0. The van der Waals surface area contributed by atoms with Gasteiger partial charge in [0.05, 0.1) is 0 Å². The first kappa shape index (κ1) is 10.5. The van der Waals surface area contributed by atoms with Crippen LogP contribution < -0.4 is 0 Å². The van der Waals surface area contributed by atoms with Gasteiger partial charge in [-0.25, -0.2) is 0 Å². The van der Waals surface area contributed by atoms with Gasteiger partial charge in [0.1, 0.15) is 0 Å². The van der Waals surface area contributed by atoms with Crippen LogP contribution in [0.2, 0.25) is 0 Å². The van der Waals surface area contributed by atoms with Crippen LogP contribution >= 0.6 is 31.9 Å². The maximum absolute atomic E-state index is 3.73. The van der Waals surface area contributed by atoms with E-state index in [1.807, 2.05) is 0 Å². The molecule has 0 bridgehead atoms. The molecule has 1 atom stereocenters. The summed E-state index contributed by atoms with van der Waals surface area (Å²) in [5.41, 5.74) is 2.73. The van der Waals surface area contributed by atoms with Gasteiger partial charge in [-0.2, -0.15) is 0 Å². The van der Waals surface area contributed by atoms with E-state index in [1.165, 1.54) is 21.9 Å². The molecular formula is C14H10Br2. The second-order valence-electron chi connectivity index (χ2n) is 4.08. The van der Waals surface area contributed by atoms with Crippen LogP contribution in [0, 0.1) is 0 Å². The summed E-state index contributed by atoms with van der Waals surface area (Å²) in [6, 6.07) is 11.0. The average Bonchev–Trinajstić information content (AvgIpc) is 2.28. The van der Waals surface area contributed by atoms with Crippen LogP contribution in [0.15, 0.2) is 40.9 Å². The molecule has 2 aromatic carbocycles. The molecule has 0 N–H and O–H groups in total. The summed E-state index contributed by atoms with van der Waals surface area (Å²) in [6.07, 6.45) is 5.52. The predicted octanol–water partition coefficient (Wildman–Crippen LogP) is 5.46. The van der Waals surface area contributed by atoms with E-state index in [-0.39, 0.29) is 0 Å². The van der Waals surface area contributed by atoms with Crippen molar-refractivity contribution in [2.75, 3.05) is 0 Å². The molecular weight excluding hydrogens is 328 g/mol. The van der Waals surface area contributed by atoms with E-state index < -0.39 is 0 Å². The Balaban J connectivity index is 2.31. The first-order valence-corrected chi connectivity index (χ1v) is 6.99. The largest absolute Gasteiger partial charge is 0.0835 e. The monoisotopic (exact) mass is 336 g/mol. The van der Waals surface area contributed by atoms with Crippen molar-refractivity contribution >= 4 is 48.7 Å². The number of rotatable bonds is 0. The van der Waals surface area contributed by atoms with Gasteiger partial charge in [-0.05, 0) is 52.6 Å². The van der Waals surface area contributed by atoms with Crippen molar-refractivity contribution in [1.29, 1.82) is 0 Å². The van der Waals surface area contributed by atoms with Gasteiger partial charge in [-0.3, -0.25) is 0 Å². The Morgan fingerprint density at radius 3 is 2.81 bits per heavy atom. The second-order valence-corrected chi connectivity index (χ2v) is 6.10. The Hall–Kier alpha value is -0.600. The third-order valence-electron chi connectivity index (χ3n) is 2.98. The quantitative estimate of drug-likeness (QED) is 0.560. The van der Waals surface area contributed by atoms with E-state index in [1.54, 1.807) is 0 Å². The zero-order chi connectivity index (χ0) is 11.1. The third kappa shape index (κ3) is 1.74. The van der Waals surface area contributed by atoms with E-state index in [4.69, 9.17) is 0 Å². The van der Waals surface area contributed by atoms with E-state index in [0.717, 1.165) is 10.9 Å². The fraction of sp³-hybridized carbons (Fsp3) is 0.143. The maximum Gasteiger partial charge on any atom is 0.0435 e. The lowest BCUT2D eigenvalue weighted by Gasteiger charge is -2.17. The minimum atomic E-state index is 0.455.